The molecule has 0 bridgehead atoms. The summed E-state index contributed by atoms with van der Waals surface area (Å²) in [5, 5.41) is 8.73. The lowest BCUT2D eigenvalue weighted by molar-refractivity contribution is -0.134. The smallest absolute Gasteiger partial charge is 0.339 e. The van der Waals surface area contributed by atoms with Crippen molar-refractivity contribution in [1.29, 1.82) is 0 Å². The van der Waals surface area contributed by atoms with Gasteiger partial charge in [0.1, 0.15) is 0 Å². The highest BCUT2D eigenvalue weighted by Gasteiger charge is 2.14. The van der Waals surface area contributed by atoms with Crippen LogP contribution in [0.1, 0.15) is 26.2 Å². The number of carboxylic acids is 1. The van der Waals surface area contributed by atoms with E-state index in [4.69, 9.17) is 5.11 Å². The van der Waals surface area contributed by atoms with Crippen LogP contribution in [-0.4, -0.2) is 22.2 Å². The molecule has 0 amide bonds. The summed E-state index contributed by atoms with van der Waals surface area (Å²) in [7, 11) is 0. The van der Waals surface area contributed by atoms with E-state index in [-0.39, 0.29) is 16.7 Å². The Balaban J connectivity index is 4.32. The Labute approximate surface area is 86.0 Å². The molecule has 0 unspecified atom stereocenters. The van der Waals surface area contributed by atoms with E-state index in [1.165, 1.54) is 6.08 Å². The summed E-state index contributed by atoms with van der Waals surface area (Å²) >= 11 is 2.94. The molecule has 0 saturated heterocycles. The van der Waals surface area contributed by atoms with E-state index in [1.807, 2.05) is 6.92 Å². The minimum Gasteiger partial charge on any atom is -0.478 e. The first kappa shape index (κ1) is 12.4. The first-order valence-electron chi connectivity index (χ1n) is 4.16. The Morgan fingerprint density at radius 2 is 2.08 bits per heavy atom. The van der Waals surface area contributed by atoms with Crippen LogP contribution in [0.15, 0.2) is 11.6 Å². The van der Waals surface area contributed by atoms with Gasteiger partial charge in [-0.15, -0.1) is 0 Å². The summed E-state index contributed by atoms with van der Waals surface area (Å²) in [6.45, 7) is 2.01. The summed E-state index contributed by atoms with van der Waals surface area (Å²) in [6.07, 6.45) is 4.05. The number of hydrogen-bond acceptors (Lipinski definition) is 2. The number of hydrogen-bond donors (Lipinski definition) is 1. The van der Waals surface area contributed by atoms with E-state index >= 15 is 0 Å². The second kappa shape index (κ2) is 6.83. The topological polar surface area (TPSA) is 54.4 Å². The van der Waals surface area contributed by atoms with Gasteiger partial charge in [0.25, 0.3) is 0 Å². The Morgan fingerprint density at radius 1 is 1.46 bits per heavy atom. The van der Waals surface area contributed by atoms with Crippen molar-refractivity contribution < 1.29 is 14.7 Å². The SMILES string of the molecule is CCCC/C=C(/C(=O)O)C(=O)CBr. The van der Waals surface area contributed by atoms with Crippen molar-refractivity contribution in [2.75, 3.05) is 5.33 Å². The number of ketones is 1. The van der Waals surface area contributed by atoms with Crippen molar-refractivity contribution in [1.82, 2.24) is 0 Å². The van der Waals surface area contributed by atoms with Gasteiger partial charge >= 0.3 is 5.97 Å². The number of aliphatic carboxylic acids is 1. The van der Waals surface area contributed by atoms with Crippen LogP contribution in [0.25, 0.3) is 0 Å². The molecule has 0 fully saturated rings. The van der Waals surface area contributed by atoms with Crippen LogP contribution in [0.5, 0.6) is 0 Å². The molecule has 13 heavy (non-hydrogen) atoms. The van der Waals surface area contributed by atoms with Crippen LogP contribution < -0.4 is 0 Å². The summed E-state index contributed by atoms with van der Waals surface area (Å²) < 4.78 is 0. The number of carbonyl (C=O) groups is 2. The quantitative estimate of drug-likeness (QED) is 0.258. The van der Waals surface area contributed by atoms with Crippen molar-refractivity contribution in [3.05, 3.63) is 11.6 Å². The molecule has 74 valence electrons. The number of unbranched alkanes of at least 4 members (excludes halogenated alkanes) is 2. The third-order valence-electron chi connectivity index (χ3n) is 1.56. The monoisotopic (exact) mass is 248 g/mol. The van der Waals surface area contributed by atoms with Gasteiger partial charge in [-0.05, 0) is 6.42 Å². The van der Waals surface area contributed by atoms with Crippen LogP contribution in [0, 0.1) is 0 Å². The van der Waals surface area contributed by atoms with Gasteiger partial charge in [0.2, 0.25) is 0 Å². The lowest BCUT2D eigenvalue weighted by atomic mass is 10.1. The molecule has 0 saturated carbocycles. The van der Waals surface area contributed by atoms with Gasteiger partial charge < -0.3 is 5.11 Å². The molecule has 0 aromatic carbocycles. The summed E-state index contributed by atoms with van der Waals surface area (Å²) in [5.41, 5.74) is -0.106. The van der Waals surface area contributed by atoms with Crippen LogP contribution in [0.2, 0.25) is 0 Å². The fourth-order valence-corrected chi connectivity index (χ4v) is 1.14. The molecule has 0 spiro atoms. The van der Waals surface area contributed by atoms with Gasteiger partial charge in [0.15, 0.2) is 5.78 Å². The van der Waals surface area contributed by atoms with Gasteiger partial charge in [-0.2, -0.15) is 0 Å². The molecule has 0 aliphatic rings. The Bertz CT molecular complexity index is 221. The third-order valence-corrected chi connectivity index (χ3v) is 2.07. The molecular formula is C9H13BrO3. The highest BCUT2D eigenvalue weighted by Crippen LogP contribution is 2.04. The van der Waals surface area contributed by atoms with Gasteiger partial charge in [-0.1, -0.05) is 41.8 Å². The molecule has 0 atom stereocenters. The zero-order valence-electron chi connectivity index (χ0n) is 7.55. The Hall–Kier alpha value is -0.640. The average Bonchev–Trinajstić information content (AvgIpc) is 2.11. The normalized spacial score (nSPS) is 11.4. The van der Waals surface area contributed by atoms with Gasteiger partial charge in [-0.25, -0.2) is 4.79 Å². The first-order chi connectivity index (χ1) is 6.13. The third kappa shape index (κ3) is 4.83. The van der Waals surface area contributed by atoms with E-state index < -0.39 is 5.97 Å². The molecule has 0 rings (SSSR count). The number of rotatable bonds is 6. The fraction of sp³-hybridized carbons (Fsp3) is 0.556. The maximum absolute atomic E-state index is 11.1. The number of Topliss-reactive ketones (excluding diaryl/α,β-unsaturated/α-hetero) is 1. The van der Waals surface area contributed by atoms with Gasteiger partial charge in [0, 0.05) is 0 Å². The molecule has 4 heteroatoms. The van der Waals surface area contributed by atoms with E-state index in [2.05, 4.69) is 15.9 Å². The lowest BCUT2D eigenvalue weighted by Crippen LogP contribution is -2.13. The van der Waals surface area contributed by atoms with Crippen molar-refractivity contribution >= 4 is 27.7 Å². The largest absolute Gasteiger partial charge is 0.478 e. The average molecular weight is 249 g/mol. The maximum atomic E-state index is 11.1. The second-order valence-electron chi connectivity index (χ2n) is 2.62. The second-order valence-corrected chi connectivity index (χ2v) is 3.18. The number of alkyl halides is 1. The maximum Gasteiger partial charge on any atom is 0.339 e. The van der Waals surface area contributed by atoms with Crippen LogP contribution in [-0.2, 0) is 9.59 Å². The fourth-order valence-electron chi connectivity index (χ4n) is 0.843. The number of carbonyl (C=O) groups excluding carboxylic acids is 1. The first-order valence-corrected chi connectivity index (χ1v) is 5.28. The molecule has 1 N–H and O–H groups in total. The molecule has 0 aromatic rings. The molecule has 3 nitrogen and oxygen atoms in total. The predicted octanol–water partition coefficient (Wildman–Crippen LogP) is 2.15. The minimum atomic E-state index is -1.14. The van der Waals surface area contributed by atoms with E-state index in [0.717, 1.165) is 12.8 Å². The van der Waals surface area contributed by atoms with Crippen molar-refractivity contribution in [2.45, 2.75) is 26.2 Å². The van der Waals surface area contributed by atoms with E-state index in [1.54, 1.807) is 0 Å². The number of allylic oxidation sites excluding steroid dienone is 1. The van der Waals surface area contributed by atoms with Crippen LogP contribution in [0.4, 0.5) is 0 Å². The highest BCUT2D eigenvalue weighted by atomic mass is 79.9. The number of carboxylic acid groups (broad SMARTS) is 1. The molecule has 0 radical (unpaired) electrons. The minimum absolute atomic E-state index is 0.0667. The Morgan fingerprint density at radius 3 is 2.46 bits per heavy atom. The van der Waals surface area contributed by atoms with Crippen LogP contribution in [0.3, 0.4) is 0 Å². The zero-order valence-corrected chi connectivity index (χ0v) is 9.13. The number of halogens is 1. The van der Waals surface area contributed by atoms with Crippen molar-refractivity contribution in [3.8, 4) is 0 Å². The predicted molar refractivity (Wildman–Crippen MR) is 54.0 cm³/mol. The molecule has 0 aliphatic heterocycles. The lowest BCUT2D eigenvalue weighted by Gasteiger charge is -1.97. The molecule has 0 aliphatic carbocycles. The molecular weight excluding hydrogens is 236 g/mol. The van der Waals surface area contributed by atoms with E-state index in [9.17, 15) is 9.59 Å². The van der Waals surface area contributed by atoms with Gasteiger partial charge in [0.05, 0.1) is 10.9 Å². The van der Waals surface area contributed by atoms with Crippen molar-refractivity contribution in [3.63, 3.8) is 0 Å². The molecule has 0 heterocycles. The van der Waals surface area contributed by atoms with Crippen molar-refractivity contribution in [2.24, 2.45) is 0 Å². The van der Waals surface area contributed by atoms with E-state index in [0.29, 0.717) is 6.42 Å². The highest BCUT2D eigenvalue weighted by molar-refractivity contribution is 9.09. The summed E-state index contributed by atoms with van der Waals surface area (Å²) in [4.78, 5) is 21.6. The zero-order chi connectivity index (χ0) is 10.3. The Kier molecular flexibility index (Phi) is 6.49. The van der Waals surface area contributed by atoms with Crippen LogP contribution >= 0.6 is 15.9 Å². The summed E-state index contributed by atoms with van der Waals surface area (Å²) in [6, 6.07) is 0. The van der Waals surface area contributed by atoms with Gasteiger partial charge in [-0.3, -0.25) is 4.79 Å². The molecule has 0 aromatic heterocycles. The standard InChI is InChI=1S/C9H13BrO3/c1-2-3-4-5-7(9(12)13)8(11)6-10/h5H,2-4,6H2,1H3,(H,12,13)/b7-5+. The summed E-state index contributed by atoms with van der Waals surface area (Å²) in [5.74, 6) is -1.51.